The molecular formula is C17H18N2. The van der Waals surface area contributed by atoms with Gasteiger partial charge in [-0.1, -0.05) is 49.6 Å². The van der Waals surface area contributed by atoms with Gasteiger partial charge in [0, 0.05) is 0 Å². The third kappa shape index (κ3) is 4.03. The van der Waals surface area contributed by atoms with Crippen LogP contribution in [0.1, 0.15) is 18.3 Å². The van der Waals surface area contributed by atoms with Crippen molar-refractivity contribution in [2.45, 2.75) is 6.92 Å². The molecule has 2 heteroatoms. The molecule has 0 saturated carbocycles. The summed E-state index contributed by atoms with van der Waals surface area (Å²) in [4.78, 5) is 8.56. The van der Waals surface area contributed by atoms with Gasteiger partial charge in [0.15, 0.2) is 0 Å². The zero-order valence-electron chi connectivity index (χ0n) is 11.2. The van der Waals surface area contributed by atoms with Crippen LogP contribution in [0.4, 0.5) is 0 Å². The van der Waals surface area contributed by atoms with E-state index in [-0.39, 0.29) is 0 Å². The molecule has 96 valence electrons. The van der Waals surface area contributed by atoms with E-state index in [1.54, 1.807) is 12.2 Å². The summed E-state index contributed by atoms with van der Waals surface area (Å²) in [5, 5.41) is 0. The lowest BCUT2D eigenvalue weighted by Crippen LogP contribution is -1.92. The van der Waals surface area contributed by atoms with Crippen LogP contribution >= 0.6 is 0 Å². The molecule has 1 aromatic rings. The molecule has 0 aliphatic carbocycles. The van der Waals surface area contributed by atoms with Gasteiger partial charge in [0.25, 0.3) is 0 Å². The van der Waals surface area contributed by atoms with Crippen LogP contribution in [0.15, 0.2) is 72.8 Å². The van der Waals surface area contributed by atoms with Crippen LogP contribution in [-0.4, -0.2) is 11.7 Å². The second kappa shape index (κ2) is 7.77. The third-order valence-electron chi connectivity index (χ3n) is 2.44. The molecule has 1 rings (SSSR count). The van der Waals surface area contributed by atoms with E-state index in [9.17, 15) is 0 Å². The van der Waals surface area contributed by atoms with E-state index in [4.69, 9.17) is 0 Å². The summed E-state index contributed by atoms with van der Waals surface area (Å²) < 4.78 is 0. The Kier molecular flexibility index (Phi) is 5.96. The highest BCUT2D eigenvalue weighted by Crippen LogP contribution is 2.18. The summed E-state index contributed by atoms with van der Waals surface area (Å²) in [6.07, 6.45) is 11.1. The molecule has 0 aliphatic rings. The highest BCUT2D eigenvalue weighted by Gasteiger charge is 2.03. The first-order valence-corrected chi connectivity index (χ1v) is 5.99. The summed E-state index contributed by atoms with van der Waals surface area (Å²) in [6, 6.07) is 5.77. The summed E-state index contributed by atoms with van der Waals surface area (Å²) in [7, 11) is 0. The van der Waals surface area contributed by atoms with Crippen molar-refractivity contribution >= 4 is 18.0 Å². The zero-order chi connectivity index (χ0) is 14.1. The normalized spacial score (nSPS) is 12.5. The van der Waals surface area contributed by atoms with Crippen LogP contribution in [0, 0.1) is 0 Å². The van der Waals surface area contributed by atoms with Gasteiger partial charge in [-0.2, -0.15) is 0 Å². The van der Waals surface area contributed by atoms with Crippen molar-refractivity contribution < 1.29 is 0 Å². The number of hydrogen-bond acceptors (Lipinski definition) is 2. The van der Waals surface area contributed by atoms with E-state index in [1.807, 2.05) is 49.4 Å². The fourth-order valence-electron chi connectivity index (χ4n) is 1.53. The summed E-state index contributed by atoms with van der Waals surface area (Å²) in [5.74, 6) is 0. The minimum atomic E-state index is 0.738. The quantitative estimate of drug-likeness (QED) is 0.540. The number of nitrogens with zero attached hydrogens (tertiary/aromatic N) is 2. The molecule has 2 nitrogen and oxygen atoms in total. The standard InChI is InChI=1S/C17H18N2/c1-5-8-11-16(18-4)17-13-9-12-15(19-17)14(7-3)10-6-2/h5-13H,2-4H2,1H3/b8-5-,14-10+,16-11-. The Bertz CT molecular complexity index is 560. The van der Waals surface area contributed by atoms with Crippen molar-refractivity contribution in [2.24, 2.45) is 4.99 Å². The highest BCUT2D eigenvalue weighted by atomic mass is 14.8. The van der Waals surface area contributed by atoms with Crippen LogP contribution in [0.25, 0.3) is 11.3 Å². The molecule has 0 spiro atoms. The lowest BCUT2D eigenvalue weighted by Gasteiger charge is -2.05. The molecule has 0 radical (unpaired) electrons. The molecule has 19 heavy (non-hydrogen) atoms. The summed E-state index contributed by atoms with van der Waals surface area (Å²) in [5.41, 5.74) is 3.28. The van der Waals surface area contributed by atoms with E-state index in [0.717, 1.165) is 22.7 Å². The van der Waals surface area contributed by atoms with Gasteiger partial charge in [-0.05, 0) is 37.4 Å². The Balaban J connectivity index is 3.26. The first-order chi connectivity index (χ1) is 9.26. The molecule has 0 atom stereocenters. The van der Waals surface area contributed by atoms with Gasteiger partial charge >= 0.3 is 0 Å². The molecule has 0 saturated heterocycles. The monoisotopic (exact) mass is 250 g/mol. The first kappa shape index (κ1) is 14.6. The third-order valence-corrected chi connectivity index (χ3v) is 2.44. The van der Waals surface area contributed by atoms with Crippen molar-refractivity contribution in [3.05, 3.63) is 79.2 Å². The van der Waals surface area contributed by atoms with Crippen molar-refractivity contribution in [1.29, 1.82) is 0 Å². The second-order valence-corrected chi connectivity index (χ2v) is 3.71. The van der Waals surface area contributed by atoms with E-state index >= 15 is 0 Å². The Morgan fingerprint density at radius 2 is 1.95 bits per heavy atom. The van der Waals surface area contributed by atoms with Crippen molar-refractivity contribution in [3.8, 4) is 0 Å². The number of allylic oxidation sites excluding steroid dienone is 7. The maximum Gasteiger partial charge on any atom is 0.0893 e. The SMILES string of the molecule is C=C/C=C(\C=C)c1cccc(/C(=C/C=C\C)N=C)n1. The number of aromatic nitrogens is 1. The predicted octanol–water partition coefficient (Wildman–Crippen LogP) is 4.45. The minimum absolute atomic E-state index is 0.738. The number of aliphatic imine (C=N–C) groups is 1. The van der Waals surface area contributed by atoms with Gasteiger partial charge < -0.3 is 0 Å². The molecule has 1 aromatic heterocycles. The molecule has 0 fully saturated rings. The van der Waals surface area contributed by atoms with E-state index in [0.29, 0.717) is 0 Å². The molecular weight excluding hydrogens is 232 g/mol. The van der Waals surface area contributed by atoms with Crippen LogP contribution in [0.3, 0.4) is 0 Å². The molecule has 0 aromatic carbocycles. The molecule has 0 aliphatic heterocycles. The Hall–Kier alpha value is -2.48. The Morgan fingerprint density at radius 1 is 1.21 bits per heavy atom. The largest absolute Gasteiger partial charge is 0.262 e. The van der Waals surface area contributed by atoms with Crippen LogP contribution < -0.4 is 0 Å². The molecule has 1 heterocycles. The second-order valence-electron chi connectivity index (χ2n) is 3.71. The zero-order valence-corrected chi connectivity index (χ0v) is 11.2. The maximum absolute atomic E-state index is 4.56. The fraction of sp³-hybridized carbons (Fsp3) is 0.0588. The van der Waals surface area contributed by atoms with Gasteiger partial charge in [-0.25, -0.2) is 4.98 Å². The number of rotatable bonds is 6. The van der Waals surface area contributed by atoms with Crippen molar-refractivity contribution in [2.75, 3.05) is 0 Å². The average molecular weight is 250 g/mol. The van der Waals surface area contributed by atoms with Crippen LogP contribution in [0.2, 0.25) is 0 Å². The summed E-state index contributed by atoms with van der Waals surface area (Å²) in [6.45, 7) is 13.0. The van der Waals surface area contributed by atoms with E-state index < -0.39 is 0 Å². The number of pyridine rings is 1. The average Bonchev–Trinajstić information content (AvgIpc) is 2.46. The van der Waals surface area contributed by atoms with Crippen molar-refractivity contribution in [3.63, 3.8) is 0 Å². The molecule has 0 unspecified atom stereocenters. The Labute approximate surface area is 114 Å². The topological polar surface area (TPSA) is 25.2 Å². The minimum Gasteiger partial charge on any atom is -0.262 e. The fourth-order valence-corrected chi connectivity index (χ4v) is 1.53. The van der Waals surface area contributed by atoms with Gasteiger partial charge in [0.2, 0.25) is 0 Å². The molecule has 0 bridgehead atoms. The molecule has 0 N–H and O–H groups in total. The maximum atomic E-state index is 4.56. The van der Waals surface area contributed by atoms with Gasteiger partial charge in [0.1, 0.15) is 0 Å². The summed E-state index contributed by atoms with van der Waals surface area (Å²) >= 11 is 0. The lowest BCUT2D eigenvalue weighted by molar-refractivity contribution is 1.22. The van der Waals surface area contributed by atoms with E-state index in [2.05, 4.69) is 29.9 Å². The van der Waals surface area contributed by atoms with Gasteiger partial charge in [0.05, 0.1) is 17.1 Å². The van der Waals surface area contributed by atoms with E-state index in [1.165, 1.54) is 0 Å². The number of hydrogen-bond donors (Lipinski definition) is 0. The predicted molar refractivity (Wildman–Crippen MR) is 84.9 cm³/mol. The van der Waals surface area contributed by atoms with Gasteiger partial charge in [-0.3, -0.25) is 4.99 Å². The van der Waals surface area contributed by atoms with Gasteiger partial charge in [-0.15, -0.1) is 0 Å². The van der Waals surface area contributed by atoms with Crippen molar-refractivity contribution in [1.82, 2.24) is 4.98 Å². The smallest absolute Gasteiger partial charge is 0.0893 e. The first-order valence-electron chi connectivity index (χ1n) is 5.99. The van der Waals surface area contributed by atoms with Crippen LogP contribution in [-0.2, 0) is 0 Å². The lowest BCUT2D eigenvalue weighted by atomic mass is 10.1. The Morgan fingerprint density at radius 3 is 2.53 bits per heavy atom. The van der Waals surface area contributed by atoms with Crippen LogP contribution in [0.5, 0.6) is 0 Å². The molecule has 0 amide bonds. The highest BCUT2D eigenvalue weighted by molar-refractivity contribution is 5.74.